The molecule has 190 valence electrons. The number of thiophene rings is 1. The van der Waals surface area contributed by atoms with E-state index >= 15 is 0 Å². The minimum Gasteiger partial charge on any atom is -0.352 e. The summed E-state index contributed by atoms with van der Waals surface area (Å²) in [7, 11) is 3.89. The highest BCUT2D eigenvalue weighted by molar-refractivity contribution is 7.17. The fourth-order valence-electron chi connectivity index (χ4n) is 5.09. The van der Waals surface area contributed by atoms with Gasteiger partial charge >= 0.3 is 0 Å². The molecule has 3 aromatic heterocycles. The average molecular weight is 509 g/mol. The van der Waals surface area contributed by atoms with Crippen LogP contribution in [-0.2, 0) is 24.7 Å². The van der Waals surface area contributed by atoms with Gasteiger partial charge in [-0.05, 0) is 63.4 Å². The summed E-state index contributed by atoms with van der Waals surface area (Å²) in [4.78, 5) is 29.2. The second-order valence-corrected chi connectivity index (χ2v) is 11.5. The first kappa shape index (κ1) is 23.2. The molecule has 10 nitrogen and oxygen atoms in total. The van der Waals surface area contributed by atoms with Crippen LogP contribution < -0.4 is 15.5 Å². The van der Waals surface area contributed by atoms with Crippen LogP contribution in [0.25, 0.3) is 0 Å². The van der Waals surface area contributed by atoms with Crippen molar-refractivity contribution in [2.45, 2.75) is 57.9 Å². The number of aryl methyl sites for hydroxylation is 3. The fourth-order valence-corrected chi connectivity index (χ4v) is 6.33. The molecule has 2 amide bonds. The molecule has 3 aromatic rings. The Labute approximate surface area is 214 Å². The predicted octanol–water partition coefficient (Wildman–Crippen LogP) is 3.37. The molecule has 3 aliphatic carbocycles. The lowest BCUT2D eigenvalue weighted by molar-refractivity contribution is -0.117. The highest BCUT2D eigenvalue weighted by Crippen LogP contribution is 2.43. The van der Waals surface area contributed by atoms with Gasteiger partial charge in [-0.25, -0.2) is 0 Å². The van der Waals surface area contributed by atoms with Crippen molar-refractivity contribution in [3.63, 3.8) is 0 Å². The molecule has 0 saturated heterocycles. The molecule has 0 unspecified atom stereocenters. The molecule has 36 heavy (non-hydrogen) atoms. The molecule has 0 bridgehead atoms. The highest BCUT2D eigenvalue weighted by Gasteiger charge is 2.35. The molecule has 2 N–H and O–H groups in total. The molecule has 0 spiro atoms. The molecule has 2 saturated carbocycles. The van der Waals surface area contributed by atoms with E-state index in [4.69, 9.17) is 0 Å². The van der Waals surface area contributed by atoms with E-state index in [1.54, 1.807) is 17.7 Å². The van der Waals surface area contributed by atoms with Gasteiger partial charge in [-0.2, -0.15) is 5.10 Å². The summed E-state index contributed by atoms with van der Waals surface area (Å²) in [6.07, 6.45) is 8.45. The zero-order chi connectivity index (χ0) is 25.0. The van der Waals surface area contributed by atoms with Gasteiger partial charge in [0.15, 0.2) is 0 Å². The van der Waals surface area contributed by atoms with Gasteiger partial charge in [0.05, 0.1) is 11.3 Å². The van der Waals surface area contributed by atoms with Gasteiger partial charge in [0.25, 0.3) is 5.91 Å². The number of nitrogens with zero attached hydrogens (tertiary/aromatic N) is 6. The van der Waals surface area contributed by atoms with E-state index in [-0.39, 0.29) is 23.8 Å². The lowest BCUT2D eigenvalue weighted by Gasteiger charge is -2.27. The van der Waals surface area contributed by atoms with Crippen LogP contribution in [0.2, 0.25) is 0 Å². The molecule has 1 atom stereocenters. The molecule has 0 radical (unpaired) electrons. The highest BCUT2D eigenvalue weighted by atomic mass is 32.1. The van der Waals surface area contributed by atoms with Crippen molar-refractivity contribution >= 4 is 39.9 Å². The molecule has 11 heteroatoms. The number of aromatic nitrogens is 5. The molecular formula is C25H32N8O2S. The van der Waals surface area contributed by atoms with Gasteiger partial charge in [0.2, 0.25) is 11.9 Å². The van der Waals surface area contributed by atoms with Crippen molar-refractivity contribution < 1.29 is 9.59 Å². The fraction of sp³-hybridized carbons (Fsp3) is 0.560. The van der Waals surface area contributed by atoms with Gasteiger partial charge in [-0.3, -0.25) is 23.7 Å². The number of rotatable bonds is 8. The lowest BCUT2D eigenvalue weighted by Crippen LogP contribution is -2.29. The summed E-state index contributed by atoms with van der Waals surface area (Å²) in [6.45, 7) is 2.67. The van der Waals surface area contributed by atoms with Crippen molar-refractivity contribution in [2.24, 2.45) is 18.9 Å². The second kappa shape index (κ2) is 9.02. The van der Waals surface area contributed by atoms with Crippen LogP contribution in [-0.4, -0.2) is 50.0 Å². The summed E-state index contributed by atoms with van der Waals surface area (Å²) in [6, 6.07) is 2.13. The van der Waals surface area contributed by atoms with Crippen molar-refractivity contribution in [1.82, 2.24) is 29.9 Å². The maximum absolute atomic E-state index is 13.4. The molecule has 0 aliphatic heterocycles. The Bertz CT molecular complexity index is 1320. The monoisotopic (exact) mass is 508 g/mol. The first-order valence-corrected chi connectivity index (χ1v) is 13.6. The first-order chi connectivity index (χ1) is 17.4. The number of carbonyl (C=O) groups excluding carboxylic acids is 2. The standard InChI is InChI=1S/C25H32N8O2S/c1-14-10-20(32(3)30-14)31(2)25-29-27-13-33(25)17-8-9-19-18(11-17)21(23(35)26-12-15-4-5-15)24(36-19)28-22(34)16-6-7-16/h10,13,15-17H,4-9,11-12H2,1-3H3,(H,26,35)(H,28,34)/t17-/m0/s1. The Morgan fingerprint density at radius 3 is 2.72 bits per heavy atom. The van der Waals surface area contributed by atoms with Crippen LogP contribution in [0, 0.1) is 18.8 Å². The minimum absolute atomic E-state index is 0.0376. The van der Waals surface area contributed by atoms with E-state index in [1.807, 2.05) is 36.7 Å². The van der Waals surface area contributed by atoms with Crippen LogP contribution in [0.3, 0.4) is 0 Å². The zero-order valence-corrected chi connectivity index (χ0v) is 21.8. The maximum Gasteiger partial charge on any atom is 0.254 e. The van der Waals surface area contributed by atoms with E-state index < -0.39 is 0 Å². The number of carbonyl (C=O) groups is 2. The summed E-state index contributed by atoms with van der Waals surface area (Å²) in [5.74, 6) is 2.31. The molecule has 2 fully saturated rings. The first-order valence-electron chi connectivity index (χ1n) is 12.8. The Morgan fingerprint density at radius 2 is 2.03 bits per heavy atom. The van der Waals surface area contributed by atoms with Crippen molar-refractivity contribution in [2.75, 3.05) is 23.8 Å². The van der Waals surface area contributed by atoms with E-state index in [2.05, 4.69) is 30.5 Å². The number of nitrogens with one attached hydrogen (secondary N) is 2. The number of hydrogen-bond donors (Lipinski definition) is 2. The van der Waals surface area contributed by atoms with E-state index in [0.717, 1.165) is 48.7 Å². The summed E-state index contributed by atoms with van der Waals surface area (Å²) in [5.41, 5.74) is 2.64. The normalized spacial score (nSPS) is 19.1. The van der Waals surface area contributed by atoms with Crippen LogP contribution >= 0.6 is 11.3 Å². The number of hydrogen-bond acceptors (Lipinski definition) is 7. The minimum atomic E-state index is -0.0717. The van der Waals surface area contributed by atoms with Crippen LogP contribution in [0.4, 0.5) is 16.8 Å². The Morgan fingerprint density at radius 1 is 1.22 bits per heavy atom. The predicted molar refractivity (Wildman–Crippen MR) is 138 cm³/mol. The zero-order valence-electron chi connectivity index (χ0n) is 21.0. The van der Waals surface area contributed by atoms with E-state index in [1.165, 1.54) is 17.7 Å². The second-order valence-electron chi connectivity index (χ2n) is 10.4. The van der Waals surface area contributed by atoms with Gasteiger partial charge in [-0.15, -0.1) is 21.5 Å². The quantitative estimate of drug-likeness (QED) is 0.483. The molecular weight excluding hydrogens is 476 g/mol. The third-order valence-corrected chi connectivity index (χ3v) is 8.67. The number of amides is 2. The van der Waals surface area contributed by atoms with Crippen molar-refractivity contribution in [3.8, 4) is 0 Å². The molecule has 3 aliphatic rings. The molecule has 6 rings (SSSR count). The largest absolute Gasteiger partial charge is 0.352 e. The smallest absolute Gasteiger partial charge is 0.254 e. The van der Waals surface area contributed by atoms with E-state index in [0.29, 0.717) is 29.4 Å². The average Bonchev–Trinajstić information content (AvgIpc) is 3.76. The van der Waals surface area contributed by atoms with Gasteiger partial charge in [0, 0.05) is 43.5 Å². The Balaban J connectivity index is 1.29. The summed E-state index contributed by atoms with van der Waals surface area (Å²) >= 11 is 1.57. The summed E-state index contributed by atoms with van der Waals surface area (Å²) in [5, 5.41) is 20.0. The van der Waals surface area contributed by atoms with Crippen LogP contribution in [0.1, 0.15) is 64.6 Å². The molecule has 3 heterocycles. The lowest BCUT2D eigenvalue weighted by atomic mass is 9.91. The number of fused-ring (bicyclic) bond motifs is 1. The van der Waals surface area contributed by atoms with Crippen molar-refractivity contribution in [1.29, 1.82) is 0 Å². The maximum atomic E-state index is 13.4. The van der Waals surface area contributed by atoms with E-state index in [9.17, 15) is 9.59 Å². The van der Waals surface area contributed by atoms with Gasteiger partial charge in [0.1, 0.15) is 17.1 Å². The van der Waals surface area contributed by atoms with Gasteiger partial charge in [-0.1, -0.05) is 0 Å². The van der Waals surface area contributed by atoms with Crippen LogP contribution in [0.15, 0.2) is 12.4 Å². The molecule has 0 aromatic carbocycles. The Kier molecular flexibility index (Phi) is 5.82. The third kappa shape index (κ3) is 4.40. The summed E-state index contributed by atoms with van der Waals surface area (Å²) < 4.78 is 3.95. The SMILES string of the molecule is Cc1cc(N(C)c2nncn2[C@H]2CCc3sc(NC(=O)C4CC4)c(C(=O)NCC4CC4)c3C2)n(C)n1. The Hall–Kier alpha value is -3.21. The van der Waals surface area contributed by atoms with Crippen LogP contribution in [0.5, 0.6) is 0 Å². The number of anilines is 3. The topological polar surface area (TPSA) is 110 Å². The third-order valence-electron chi connectivity index (χ3n) is 7.46. The van der Waals surface area contributed by atoms with Gasteiger partial charge < -0.3 is 10.6 Å². The van der Waals surface area contributed by atoms with Crippen molar-refractivity contribution in [3.05, 3.63) is 34.1 Å².